The minimum atomic E-state index is -3.74. The fraction of sp³-hybridized carbons (Fsp3) is 0.333. The molecule has 0 bridgehead atoms. The maximum Gasteiger partial charge on any atom is 0.259 e. The zero-order chi connectivity index (χ0) is 25.9. The van der Waals surface area contributed by atoms with Crippen LogP contribution in [0.3, 0.4) is 0 Å². The number of aromatic nitrogens is 1. The lowest BCUT2D eigenvalue weighted by molar-refractivity contribution is 0.0373. The van der Waals surface area contributed by atoms with Crippen molar-refractivity contribution >= 4 is 15.9 Å². The van der Waals surface area contributed by atoms with Crippen LogP contribution in [0.5, 0.6) is 5.88 Å². The van der Waals surface area contributed by atoms with Gasteiger partial charge in [-0.05, 0) is 30.7 Å². The summed E-state index contributed by atoms with van der Waals surface area (Å²) in [5, 5.41) is 9.85. The molecule has 0 spiro atoms. The molecule has 4 rings (SSSR count). The first kappa shape index (κ1) is 25.8. The van der Waals surface area contributed by atoms with Crippen molar-refractivity contribution in [1.82, 2.24) is 14.2 Å². The largest absolute Gasteiger partial charge is 0.472 e. The van der Waals surface area contributed by atoms with Gasteiger partial charge in [-0.25, -0.2) is 13.4 Å². The number of rotatable bonds is 7. The van der Waals surface area contributed by atoms with Gasteiger partial charge in [-0.1, -0.05) is 55.5 Å². The van der Waals surface area contributed by atoms with Crippen LogP contribution in [0, 0.1) is 5.92 Å². The Kier molecular flexibility index (Phi) is 7.73. The molecule has 0 aliphatic carbocycles. The van der Waals surface area contributed by atoms with E-state index in [1.165, 1.54) is 11.4 Å². The molecule has 190 valence electrons. The standard InChI is InChI=1S/C27H31N3O5S/c1-19-16-30(20(2)18-31)27(32)24-14-22(21-10-6-4-7-11-21)15-28-26(24)35-25(19)17-29(3)36(33,34)23-12-8-5-9-13-23/h4-15,19-20,25,31H,16-18H2,1-3H3/t19-,20+,25-/m0/s1. The number of carbonyl (C=O) groups is 1. The summed E-state index contributed by atoms with van der Waals surface area (Å²) in [6.45, 7) is 3.84. The molecule has 3 aromatic rings. The van der Waals surface area contributed by atoms with Crippen LogP contribution >= 0.6 is 0 Å². The highest BCUT2D eigenvalue weighted by Crippen LogP contribution is 2.30. The average Bonchev–Trinajstić information content (AvgIpc) is 2.90. The predicted octanol–water partition coefficient (Wildman–Crippen LogP) is 3.29. The Morgan fingerprint density at radius 2 is 1.75 bits per heavy atom. The molecule has 0 radical (unpaired) electrons. The van der Waals surface area contributed by atoms with Gasteiger partial charge in [-0.15, -0.1) is 0 Å². The van der Waals surface area contributed by atoms with E-state index in [9.17, 15) is 18.3 Å². The van der Waals surface area contributed by atoms with Crippen LogP contribution in [0.15, 0.2) is 77.8 Å². The van der Waals surface area contributed by atoms with Crippen LogP contribution in [0.4, 0.5) is 0 Å². The molecule has 1 N–H and O–H groups in total. The van der Waals surface area contributed by atoms with E-state index in [1.54, 1.807) is 54.4 Å². The van der Waals surface area contributed by atoms with Crippen molar-refractivity contribution in [3.05, 3.63) is 78.5 Å². The van der Waals surface area contributed by atoms with Gasteiger partial charge in [0.1, 0.15) is 11.7 Å². The Morgan fingerprint density at radius 1 is 1.11 bits per heavy atom. The third kappa shape index (κ3) is 5.28. The lowest BCUT2D eigenvalue weighted by Crippen LogP contribution is -2.50. The van der Waals surface area contributed by atoms with Gasteiger partial charge in [0.25, 0.3) is 5.91 Å². The van der Waals surface area contributed by atoms with E-state index in [2.05, 4.69) is 4.98 Å². The molecule has 2 heterocycles. The van der Waals surface area contributed by atoms with Crippen LogP contribution in [0.25, 0.3) is 11.1 Å². The molecular weight excluding hydrogens is 478 g/mol. The van der Waals surface area contributed by atoms with Gasteiger partial charge in [0, 0.05) is 31.3 Å². The first-order valence-corrected chi connectivity index (χ1v) is 13.3. The summed E-state index contributed by atoms with van der Waals surface area (Å²) in [5.74, 6) is -0.371. The number of hydrogen-bond acceptors (Lipinski definition) is 6. The number of benzene rings is 2. The molecule has 1 amide bonds. The van der Waals surface area contributed by atoms with Crippen LogP contribution in [-0.2, 0) is 10.0 Å². The van der Waals surface area contributed by atoms with E-state index >= 15 is 0 Å². The third-order valence-electron chi connectivity index (χ3n) is 6.52. The van der Waals surface area contributed by atoms with Gasteiger partial charge in [0.2, 0.25) is 15.9 Å². The maximum atomic E-state index is 13.6. The van der Waals surface area contributed by atoms with Crippen molar-refractivity contribution in [1.29, 1.82) is 0 Å². The highest BCUT2D eigenvalue weighted by atomic mass is 32.2. The van der Waals surface area contributed by atoms with Crippen molar-refractivity contribution in [3.63, 3.8) is 0 Å². The number of aliphatic hydroxyl groups excluding tert-OH is 1. The van der Waals surface area contributed by atoms with Gasteiger partial charge in [-0.3, -0.25) is 4.79 Å². The Morgan fingerprint density at radius 3 is 2.39 bits per heavy atom. The topological polar surface area (TPSA) is 100 Å². The minimum Gasteiger partial charge on any atom is -0.472 e. The predicted molar refractivity (Wildman–Crippen MR) is 137 cm³/mol. The van der Waals surface area contributed by atoms with Gasteiger partial charge in [0.05, 0.1) is 24.1 Å². The van der Waals surface area contributed by atoms with E-state index in [4.69, 9.17) is 4.74 Å². The van der Waals surface area contributed by atoms with Crippen molar-refractivity contribution in [2.45, 2.75) is 30.9 Å². The van der Waals surface area contributed by atoms with Crippen LogP contribution < -0.4 is 4.74 Å². The zero-order valence-electron chi connectivity index (χ0n) is 20.6. The fourth-order valence-corrected chi connectivity index (χ4v) is 5.44. The quantitative estimate of drug-likeness (QED) is 0.525. The Labute approximate surface area is 212 Å². The van der Waals surface area contributed by atoms with Crippen molar-refractivity contribution in [2.24, 2.45) is 5.92 Å². The number of pyridine rings is 1. The first-order valence-electron chi connectivity index (χ1n) is 11.9. The lowest BCUT2D eigenvalue weighted by Gasteiger charge is -2.37. The Hall–Kier alpha value is -3.27. The first-order chi connectivity index (χ1) is 17.2. The third-order valence-corrected chi connectivity index (χ3v) is 8.35. The lowest BCUT2D eigenvalue weighted by atomic mass is 9.99. The zero-order valence-corrected chi connectivity index (χ0v) is 21.4. The molecule has 0 saturated heterocycles. The molecule has 1 aliphatic heterocycles. The SMILES string of the molecule is C[C@H](CO)N1C[C@H](C)[C@H](CN(C)S(=O)(=O)c2ccccc2)Oc2ncc(-c3ccccc3)cc2C1=O. The van der Waals surface area contributed by atoms with E-state index in [-0.39, 0.29) is 41.3 Å². The van der Waals surface area contributed by atoms with E-state index in [0.717, 1.165) is 11.1 Å². The molecule has 0 unspecified atom stereocenters. The second-order valence-corrected chi connectivity index (χ2v) is 11.2. The average molecular weight is 510 g/mol. The number of hydrogen-bond donors (Lipinski definition) is 1. The second kappa shape index (κ2) is 10.8. The molecule has 0 fully saturated rings. The minimum absolute atomic E-state index is 0.0650. The molecule has 1 aliphatic rings. The summed E-state index contributed by atoms with van der Waals surface area (Å²) >= 11 is 0. The number of fused-ring (bicyclic) bond motifs is 1. The summed E-state index contributed by atoms with van der Waals surface area (Å²) in [6.07, 6.45) is 1.07. The van der Waals surface area contributed by atoms with Crippen LogP contribution in [-0.4, -0.2) is 72.5 Å². The second-order valence-electron chi connectivity index (χ2n) is 9.16. The molecule has 2 aromatic carbocycles. The monoisotopic (exact) mass is 509 g/mol. The summed E-state index contributed by atoms with van der Waals surface area (Å²) in [7, 11) is -2.22. The van der Waals surface area contributed by atoms with E-state index in [0.29, 0.717) is 6.54 Å². The molecule has 36 heavy (non-hydrogen) atoms. The van der Waals surface area contributed by atoms with Crippen LogP contribution in [0.1, 0.15) is 24.2 Å². The highest BCUT2D eigenvalue weighted by molar-refractivity contribution is 7.89. The summed E-state index contributed by atoms with van der Waals surface area (Å²) in [4.78, 5) is 19.9. The highest BCUT2D eigenvalue weighted by Gasteiger charge is 2.36. The number of sulfonamides is 1. The number of ether oxygens (including phenoxy) is 1. The Bertz CT molecular complexity index is 1300. The number of nitrogens with zero attached hydrogens (tertiary/aromatic N) is 3. The molecule has 9 heteroatoms. The van der Waals surface area contributed by atoms with Gasteiger partial charge in [-0.2, -0.15) is 4.31 Å². The normalized spacial score (nSPS) is 19.2. The Balaban J connectivity index is 1.71. The molecular formula is C27H31N3O5S. The maximum absolute atomic E-state index is 13.6. The van der Waals surface area contributed by atoms with Crippen LogP contribution in [0.2, 0.25) is 0 Å². The van der Waals surface area contributed by atoms with Gasteiger partial charge in [0.15, 0.2) is 0 Å². The summed E-state index contributed by atoms with van der Waals surface area (Å²) in [5.41, 5.74) is 1.95. The smallest absolute Gasteiger partial charge is 0.259 e. The van der Waals surface area contributed by atoms with Crippen molar-refractivity contribution < 1.29 is 23.1 Å². The molecule has 1 aromatic heterocycles. The number of carbonyl (C=O) groups excluding carboxylic acids is 1. The van der Waals surface area contributed by atoms with Gasteiger partial charge < -0.3 is 14.7 Å². The molecule has 0 saturated carbocycles. The fourth-order valence-electron chi connectivity index (χ4n) is 4.23. The number of amides is 1. The summed E-state index contributed by atoms with van der Waals surface area (Å²) < 4.78 is 33.8. The summed E-state index contributed by atoms with van der Waals surface area (Å²) in [6, 6.07) is 19.1. The van der Waals surface area contributed by atoms with E-state index < -0.39 is 22.2 Å². The van der Waals surface area contributed by atoms with E-state index in [1.807, 2.05) is 37.3 Å². The molecule has 8 nitrogen and oxygen atoms in total. The molecule has 3 atom stereocenters. The number of aliphatic hydroxyl groups is 1. The van der Waals surface area contributed by atoms with Crippen molar-refractivity contribution in [2.75, 3.05) is 26.7 Å². The number of likely N-dealkylation sites (N-methyl/N-ethyl adjacent to an activating group) is 1. The van der Waals surface area contributed by atoms with Crippen molar-refractivity contribution in [3.8, 4) is 17.0 Å². The van der Waals surface area contributed by atoms with Gasteiger partial charge >= 0.3 is 0 Å².